The zero-order valence-corrected chi connectivity index (χ0v) is 8.85. The number of nitrogens with zero attached hydrogens (tertiary/aromatic N) is 2. The highest BCUT2D eigenvalue weighted by atomic mass is 15.3. The van der Waals surface area contributed by atoms with Gasteiger partial charge in [0.25, 0.3) is 0 Å². The predicted octanol–water partition coefficient (Wildman–Crippen LogP) is 1.54. The molecule has 0 saturated heterocycles. The Morgan fingerprint density at radius 3 is 3.07 bits per heavy atom. The maximum absolute atomic E-state index is 3.96. The summed E-state index contributed by atoms with van der Waals surface area (Å²) in [6.07, 6.45) is 13.9. The molecule has 0 saturated carbocycles. The molecule has 0 aromatic carbocycles. The fourth-order valence-electron chi connectivity index (χ4n) is 1.06. The molecule has 0 amide bonds. The number of rotatable bonds is 6. The van der Waals surface area contributed by atoms with Crippen LogP contribution in [0.5, 0.6) is 0 Å². The van der Waals surface area contributed by atoms with Crippen LogP contribution < -0.4 is 10.9 Å². The molecule has 15 heavy (non-hydrogen) atoms. The van der Waals surface area contributed by atoms with Gasteiger partial charge in [-0.2, -0.15) is 0 Å². The van der Waals surface area contributed by atoms with Crippen LogP contribution in [0.4, 0.5) is 0 Å². The van der Waals surface area contributed by atoms with Crippen molar-refractivity contribution < 1.29 is 0 Å². The lowest BCUT2D eigenvalue weighted by atomic mass is 10.2. The van der Waals surface area contributed by atoms with E-state index >= 15 is 0 Å². The van der Waals surface area contributed by atoms with Crippen molar-refractivity contribution in [2.24, 2.45) is 0 Å². The van der Waals surface area contributed by atoms with E-state index in [0.29, 0.717) is 0 Å². The van der Waals surface area contributed by atoms with Gasteiger partial charge in [-0.3, -0.25) is 0 Å². The molecule has 4 nitrogen and oxygen atoms in total. The Kier molecular flexibility index (Phi) is 4.97. The van der Waals surface area contributed by atoms with Gasteiger partial charge in [-0.25, -0.2) is 10.4 Å². The molecule has 1 aromatic rings. The molecule has 0 aliphatic carbocycles. The average molecular weight is 204 g/mol. The SMILES string of the molecule is C=C/C(=C\n1ccnc1)C/C=C\NNC. The van der Waals surface area contributed by atoms with Crippen LogP contribution in [0.2, 0.25) is 0 Å². The summed E-state index contributed by atoms with van der Waals surface area (Å²) in [6, 6.07) is 0. The molecule has 4 heteroatoms. The number of allylic oxidation sites excluding steroid dienone is 3. The Bertz CT molecular complexity index is 335. The summed E-state index contributed by atoms with van der Waals surface area (Å²) in [6.45, 7) is 3.77. The zero-order chi connectivity index (χ0) is 10.9. The van der Waals surface area contributed by atoms with Gasteiger partial charge < -0.3 is 9.99 Å². The van der Waals surface area contributed by atoms with Gasteiger partial charge in [0.1, 0.15) is 0 Å². The summed E-state index contributed by atoms with van der Waals surface area (Å²) in [5.74, 6) is 0. The molecule has 0 bridgehead atoms. The Balaban J connectivity index is 2.52. The van der Waals surface area contributed by atoms with Gasteiger partial charge in [-0.1, -0.05) is 18.7 Å². The van der Waals surface area contributed by atoms with Crippen LogP contribution in [0.3, 0.4) is 0 Å². The number of hydrazine groups is 1. The molecule has 80 valence electrons. The van der Waals surface area contributed by atoms with Crippen molar-refractivity contribution in [3.63, 3.8) is 0 Å². The lowest BCUT2D eigenvalue weighted by Gasteiger charge is -1.99. The van der Waals surface area contributed by atoms with E-state index in [1.54, 1.807) is 12.5 Å². The lowest BCUT2D eigenvalue weighted by Crippen LogP contribution is -2.20. The highest BCUT2D eigenvalue weighted by Gasteiger charge is 1.89. The van der Waals surface area contributed by atoms with E-state index in [0.717, 1.165) is 12.0 Å². The standard InChI is InChI=1S/C11H16N4/c1-3-11(5-4-6-14-12-2)9-15-8-7-13-10-15/h3-4,6-10,12,14H,1,5H2,2H3/b6-4-,11-9+. The van der Waals surface area contributed by atoms with Crippen LogP contribution >= 0.6 is 0 Å². The Hall–Kier alpha value is -1.81. The van der Waals surface area contributed by atoms with Crippen molar-refractivity contribution in [2.45, 2.75) is 6.42 Å². The number of aromatic nitrogens is 2. The number of nitrogens with one attached hydrogen (secondary N) is 2. The van der Waals surface area contributed by atoms with Crippen LogP contribution in [0.25, 0.3) is 6.20 Å². The first kappa shape index (κ1) is 11.3. The van der Waals surface area contributed by atoms with Crippen LogP contribution in [0.15, 0.2) is 49.2 Å². The summed E-state index contributed by atoms with van der Waals surface area (Å²) >= 11 is 0. The third kappa shape index (κ3) is 4.28. The van der Waals surface area contributed by atoms with E-state index in [2.05, 4.69) is 22.4 Å². The third-order valence-corrected chi connectivity index (χ3v) is 1.80. The highest BCUT2D eigenvalue weighted by Crippen LogP contribution is 2.05. The highest BCUT2D eigenvalue weighted by molar-refractivity contribution is 5.38. The van der Waals surface area contributed by atoms with Gasteiger partial charge >= 0.3 is 0 Å². The van der Waals surface area contributed by atoms with E-state index in [1.807, 2.05) is 42.4 Å². The van der Waals surface area contributed by atoms with Crippen LogP contribution in [0, 0.1) is 0 Å². The average Bonchev–Trinajstić information content (AvgIpc) is 2.75. The largest absolute Gasteiger partial charge is 0.329 e. The van der Waals surface area contributed by atoms with E-state index in [9.17, 15) is 0 Å². The molecule has 0 aliphatic heterocycles. The molecule has 0 atom stereocenters. The van der Waals surface area contributed by atoms with Gasteiger partial charge in [0.05, 0.1) is 6.33 Å². The van der Waals surface area contributed by atoms with Crippen molar-refractivity contribution in [3.8, 4) is 0 Å². The van der Waals surface area contributed by atoms with Gasteiger partial charge in [0, 0.05) is 31.8 Å². The Morgan fingerprint density at radius 1 is 1.60 bits per heavy atom. The summed E-state index contributed by atoms with van der Waals surface area (Å²) in [4.78, 5) is 3.96. The molecule has 0 spiro atoms. The molecule has 0 unspecified atom stereocenters. The van der Waals surface area contributed by atoms with Crippen molar-refractivity contribution in [1.29, 1.82) is 0 Å². The first-order valence-electron chi connectivity index (χ1n) is 4.74. The van der Waals surface area contributed by atoms with Gasteiger partial charge in [0.2, 0.25) is 0 Å². The Morgan fingerprint density at radius 2 is 2.47 bits per heavy atom. The van der Waals surface area contributed by atoms with Crippen LogP contribution in [0.1, 0.15) is 6.42 Å². The molecule has 1 aromatic heterocycles. The number of hydrogen-bond donors (Lipinski definition) is 2. The van der Waals surface area contributed by atoms with Crippen molar-refractivity contribution in [1.82, 2.24) is 20.4 Å². The second kappa shape index (κ2) is 6.62. The molecule has 2 N–H and O–H groups in total. The van der Waals surface area contributed by atoms with Crippen molar-refractivity contribution in [2.75, 3.05) is 7.05 Å². The fraction of sp³-hybridized carbons (Fsp3) is 0.182. The first-order chi connectivity index (χ1) is 7.36. The first-order valence-corrected chi connectivity index (χ1v) is 4.74. The molecule has 0 aliphatic rings. The molecular weight excluding hydrogens is 188 g/mol. The number of imidazole rings is 1. The van der Waals surface area contributed by atoms with E-state index < -0.39 is 0 Å². The molecule has 0 fully saturated rings. The predicted molar refractivity (Wildman–Crippen MR) is 62.6 cm³/mol. The summed E-state index contributed by atoms with van der Waals surface area (Å²) in [7, 11) is 1.82. The lowest BCUT2D eigenvalue weighted by molar-refractivity contribution is 0.729. The van der Waals surface area contributed by atoms with Crippen molar-refractivity contribution in [3.05, 3.63) is 49.2 Å². The van der Waals surface area contributed by atoms with E-state index in [-0.39, 0.29) is 0 Å². The minimum Gasteiger partial charge on any atom is -0.329 e. The Labute approximate surface area is 90.0 Å². The second-order valence-electron chi connectivity index (χ2n) is 2.92. The normalized spacial score (nSPS) is 11.9. The molecule has 1 rings (SSSR count). The van der Waals surface area contributed by atoms with Gasteiger partial charge in [-0.05, 0) is 12.0 Å². The maximum Gasteiger partial charge on any atom is 0.0986 e. The topological polar surface area (TPSA) is 41.9 Å². The fourth-order valence-corrected chi connectivity index (χ4v) is 1.06. The smallest absolute Gasteiger partial charge is 0.0986 e. The van der Waals surface area contributed by atoms with E-state index in [4.69, 9.17) is 0 Å². The van der Waals surface area contributed by atoms with Crippen molar-refractivity contribution >= 4 is 6.20 Å². The summed E-state index contributed by atoms with van der Waals surface area (Å²) in [5.41, 5.74) is 6.81. The minimum atomic E-state index is 0.830. The number of hydrogen-bond acceptors (Lipinski definition) is 3. The summed E-state index contributed by atoms with van der Waals surface area (Å²) in [5, 5.41) is 0. The monoisotopic (exact) mass is 204 g/mol. The van der Waals surface area contributed by atoms with Crippen LogP contribution in [-0.2, 0) is 0 Å². The van der Waals surface area contributed by atoms with Gasteiger partial charge in [0.15, 0.2) is 0 Å². The van der Waals surface area contributed by atoms with Crippen LogP contribution in [-0.4, -0.2) is 16.6 Å². The van der Waals surface area contributed by atoms with E-state index in [1.165, 1.54) is 0 Å². The molecule has 0 radical (unpaired) electrons. The molecule has 1 heterocycles. The third-order valence-electron chi connectivity index (χ3n) is 1.80. The zero-order valence-electron chi connectivity index (χ0n) is 8.85. The second-order valence-corrected chi connectivity index (χ2v) is 2.92. The quantitative estimate of drug-likeness (QED) is 0.545. The maximum atomic E-state index is 3.96. The summed E-state index contributed by atoms with van der Waals surface area (Å²) < 4.78 is 1.90. The minimum absolute atomic E-state index is 0.830. The molecular formula is C11H16N4. The van der Waals surface area contributed by atoms with Gasteiger partial charge in [-0.15, -0.1) is 0 Å².